The van der Waals surface area contributed by atoms with Crippen molar-refractivity contribution in [2.45, 2.75) is 33.4 Å². The second-order valence-electron chi connectivity index (χ2n) is 14.0. The summed E-state index contributed by atoms with van der Waals surface area (Å²) in [7, 11) is 0. The standard InChI is InChI=1S/C47H36N6/c1-29-23-32(15-16-36(29)28-50-48)34-18-21-46-42(25-34)40-11-4-6-13-44(40)52(46)37-9-8-10-38(27-37)53-45-14-7-5-12-41(45)43-26-35(19-22-47(43)53)33-17-20-39(30(2)24-33)31(3)51-49/h4-27,31H,28H2,1-3H3/q+2. The van der Waals surface area contributed by atoms with E-state index in [0.717, 1.165) is 77.9 Å². The lowest BCUT2D eigenvalue weighted by Crippen LogP contribution is -1.98. The Balaban J connectivity index is 1.18. The molecular weight excluding hydrogens is 649 g/mol. The third-order valence-electron chi connectivity index (χ3n) is 10.8. The molecule has 0 radical (unpaired) electrons. The first-order valence-electron chi connectivity index (χ1n) is 18.0. The van der Waals surface area contributed by atoms with E-state index in [1.165, 1.54) is 21.5 Å². The van der Waals surface area contributed by atoms with Gasteiger partial charge in [-0.25, -0.2) is 0 Å². The van der Waals surface area contributed by atoms with E-state index < -0.39 is 0 Å². The molecule has 0 amide bonds. The summed E-state index contributed by atoms with van der Waals surface area (Å²) in [4.78, 5) is 6.83. The van der Waals surface area contributed by atoms with Gasteiger partial charge in [-0.3, -0.25) is 0 Å². The Morgan fingerprint density at radius 3 is 1.51 bits per heavy atom. The molecule has 6 nitrogen and oxygen atoms in total. The van der Waals surface area contributed by atoms with Crippen LogP contribution in [0.1, 0.15) is 35.2 Å². The first-order chi connectivity index (χ1) is 25.9. The Kier molecular flexibility index (Phi) is 7.61. The van der Waals surface area contributed by atoms with Crippen LogP contribution in [-0.2, 0) is 6.54 Å². The van der Waals surface area contributed by atoms with E-state index in [-0.39, 0.29) is 6.04 Å². The van der Waals surface area contributed by atoms with Gasteiger partial charge in [-0.2, -0.15) is 0 Å². The minimum atomic E-state index is -0.261. The van der Waals surface area contributed by atoms with Crippen LogP contribution in [0.3, 0.4) is 0 Å². The van der Waals surface area contributed by atoms with Crippen LogP contribution in [0.25, 0.3) is 87.2 Å². The largest absolute Gasteiger partial charge is 0.336 e. The Bertz CT molecular complexity index is 3000. The Morgan fingerprint density at radius 2 is 0.981 bits per heavy atom. The molecule has 2 aromatic heterocycles. The number of rotatable bonds is 6. The summed E-state index contributed by atoms with van der Waals surface area (Å²) in [6.45, 7) is 6.33. The molecule has 9 rings (SSSR count). The van der Waals surface area contributed by atoms with Crippen LogP contribution in [0.2, 0.25) is 0 Å². The van der Waals surface area contributed by atoms with Gasteiger partial charge < -0.3 is 9.13 Å². The molecule has 0 spiro atoms. The molecule has 1 unspecified atom stereocenters. The molecule has 0 N–H and O–H groups in total. The van der Waals surface area contributed by atoms with Gasteiger partial charge >= 0.3 is 12.6 Å². The van der Waals surface area contributed by atoms with Crippen LogP contribution in [0.15, 0.2) is 146 Å². The van der Waals surface area contributed by atoms with E-state index in [0.29, 0.717) is 6.54 Å². The minimum Gasteiger partial charge on any atom is -0.309 e. The molecule has 0 saturated heterocycles. The van der Waals surface area contributed by atoms with Crippen LogP contribution < -0.4 is 0 Å². The summed E-state index contributed by atoms with van der Waals surface area (Å²) in [6.07, 6.45) is 0. The lowest BCUT2D eigenvalue weighted by molar-refractivity contribution is 0.919. The molecule has 252 valence electrons. The zero-order valence-electron chi connectivity index (χ0n) is 29.8. The maximum atomic E-state index is 9.37. The number of aryl methyl sites for hydroxylation is 2. The third-order valence-corrected chi connectivity index (χ3v) is 10.8. The number of benzene rings is 7. The van der Waals surface area contributed by atoms with Gasteiger partial charge in [-0.15, -0.1) is 0 Å². The number of hydrogen-bond donors (Lipinski definition) is 0. The van der Waals surface area contributed by atoms with E-state index in [4.69, 9.17) is 5.39 Å². The molecular formula is C47H36N6+2. The van der Waals surface area contributed by atoms with Crippen LogP contribution in [-0.4, -0.2) is 9.13 Å². The van der Waals surface area contributed by atoms with Crippen LogP contribution in [0.4, 0.5) is 0 Å². The summed E-state index contributed by atoms with van der Waals surface area (Å²) >= 11 is 0. The third kappa shape index (κ3) is 5.24. The molecule has 6 heteroatoms. The highest BCUT2D eigenvalue weighted by Gasteiger charge is 2.20. The van der Waals surface area contributed by atoms with Gasteiger partial charge in [0.25, 0.3) is 0 Å². The van der Waals surface area contributed by atoms with E-state index >= 15 is 0 Å². The molecule has 0 bridgehead atoms. The molecule has 53 heavy (non-hydrogen) atoms. The summed E-state index contributed by atoms with van der Waals surface area (Å²) in [5.41, 5.74) is 15.6. The van der Waals surface area contributed by atoms with Crippen molar-refractivity contribution in [2.24, 2.45) is 0 Å². The number of diazo groups is 2. The second-order valence-corrected chi connectivity index (χ2v) is 14.0. The quantitative estimate of drug-likeness (QED) is 0.164. The normalized spacial score (nSPS) is 12.0. The highest BCUT2D eigenvalue weighted by molar-refractivity contribution is 6.12. The zero-order valence-corrected chi connectivity index (χ0v) is 29.8. The summed E-state index contributed by atoms with van der Waals surface area (Å²) in [5.74, 6) is 0. The second kappa shape index (κ2) is 12.6. The molecule has 0 fully saturated rings. The van der Waals surface area contributed by atoms with Crippen molar-refractivity contribution in [1.82, 2.24) is 9.13 Å². The summed E-state index contributed by atoms with van der Waals surface area (Å²) < 4.78 is 4.75. The molecule has 0 aliphatic rings. The molecule has 7 aromatic carbocycles. The average molecular weight is 685 g/mol. The van der Waals surface area contributed by atoms with Crippen LogP contribution >= 0.6 is 0 Å². The predicted molar refractivity (Wildman–Crippen MR) is 218 cm³/mol. The zero-order chi connectivity index (χ0) is 36.2. The van der Waals surface area contributed by atoms with Gasteiger partial charge in [0.05, 0.1) is 22.1 Å². The van der Waals surface area contributed by atoms with Gasteiger partial charge in [-0.05, 0) is 102 Å². The summed E-state index contributed by atoms with van der Waals surface area (Å²) in [5, 5.41) is 23.3. The van der Waals surface area contributed by atoms with Gasteiger partial charge in [0, 0.05) is 51.0 Å². The van der Waals surface area contributed by atoms with E-state index in [2.05, 4.69) is 172 Å². The van der Waals surface area contributed by atoms with Crippen LogP contribution in [0, 0.1) is 24.6 Å². The van der Waals surface area contributed by atoms with Gasteiger partial charge in [0.2, 0.25) is 10.8 Å². The summed E-state index contributed by atoms with van der Waals surface area (Å²) in [6, 6.07) is 52.0. The smallest absolute Gasteiger partial charge is 0.309 e. The fraction of sp³-hybridized carbons (Fsp3) is 0.106. The Hall–Kier alpha value is -7.02. The fourth-order valence-electron chi connectivity index (χ4n) is 8.15. The molecule has 0 aliphatic carbocycles. The molecule has 9 aromatic rings. The van der Waals surface area contributed by atoms with Gasteiger partial charge in [0.1, 0.15) is 9.95 Å². The number of fused-ring (bicyclic) bond motifs is 6. The Morgan fingerprint density at radius 1 is 0.491 bits per heavy atom. The van der Waals surface area contributed by atoms with Crippen molar-refractivity contribution >= 4 is 43.6 Å². The predicted octanol–water partition coefficient (Wildman–Crippen LogP) is 13.1. The van der Waals surface area contributed by atoms with Crippen molar-refractivity contribution in [3.05, 3.63) is 178 Å². The van der Waals surface area contributed by atoms with Crippen molar-refractivity contribution in [3.63, 3.8) is 0 Å². The molecule has 0 aliphatic heterocycles. The maximum Gasteiger partial charge on any atom is 0.336 e. The number of hydrogen-bond acceptors (Lipinski definition) is 2. The van der Waals surface area contributed by atoms with Crippen molar-refractivity contribution in [1.29, 1.82) is 10.8 Å². The molecule has 2 heterocycles. The monoisotopic (exact) mass is 684 g/mol. The fourth-order valence-corrected chi connectivity index (χ4v) is 8.15. The van der Waals surface area contributed by atoms with Gasteiger partial charge in [-0.1, -0.05) is 91.0 Å². The Labute approximate surface area is 307 Å². The molecule has 0 saturated carbocycles. The number of aromatic nitrogens is 2. The van der Waals surface area contributed by atoms with E-state index in [1.54, 1.807) is 0 Å². The van der Waals surface area contributed by atoms with Crippen molar-refractivity contribution in [3.8, 4) is 33.6 Å². The highest BCUT2D eigenvalue weighted by atomic mass is 15.0. The number of para-hydroxylation sites is 2. The number of nitrogens with zero attached hydrogens (tertiary/aromatic N) is 6. The minimum absolute atomic E-state index is 0.261. The topological polar surface area (TPSA) is 66.2 Å². The lowest BCUT2D eigenvalue weighted by atomic mass is 9.96. The lowest BCUT2D eigenvalue weighted by Gasteiger charge is -2.13. The molecule has 1 atom stereocenters. The van der Waals surface area contributed by atoms with E-state index in [9.17, 15) is 5.39 Å². The highest BCUT2D eigenvalue weighted by Crippen LogP contribution is 2.39. The average Bonchev–Trinajstić information content (AvgIpc) is 3.70. The van der Waals surface area contributed by atoms with Gasteiger partial charge in [0.15, 0.2) is 0 Å². The first kappa shape index (κ1) is 31.9. The first-order valence-corrected chi connectivity index (χ1v) is 18.0. The van der Waals surface area contributed by atoms with Crippen LogP contribution in [0.5, 0.6) is 0 Å². The van der Waals surface area contributed by atoms with Crippen molar-refractivity contribution < 1.29 is 0 Å². The maximum absolute atomic E-state index is 9.37. The van der Waals surface area contributed by atoms with E-state index in [1.807, 2.05) is 13.0 Å². The SMILES string of the molecule is Cc1cc(-c2ccc3c(c2)c2ccccc2n3-c2cccc(-n3c4ccccc4c4cc(-c5ccc(C(C)[N+]#N)c(C)c5)ccc43)c2)ccc1C[N+]#N. The van der Waals surface area contributed by atoms with Crippen molar-refractivity contribution in [2.75, 3.05) is 0 Å².